The predicted octanol–water partition coefficient (Wildman–Crippen LogP) is 2.29. The van der Waals surface area contributed by atoms with Gasteiger partial charge in [0.1, 0.15) is 5.75 Å². The highest BCUT2D eigenvalue weighted by Gasteiger charge is 2.15. The van der Waals surface area contributed by atoms with Crippen LogP contribution in [0.5, 0.6) is 5.75 Å². The molecule has 1 heterocycles. The van der Waals surface area contributed by atoms with E-state index in [1.54, 1.807) is 7.11 Å². The van der Waals surface area contributed by atoms with E-state index in [-0.39, 0.29) is 11.9 Å². The lowest BCUT2D eigenvalue weighted by molar-refractivity contribution is -0.131. The predicted molar refractivity (Wildman–Crippen MR) is 92.9 cm³/mol. The van der Waals surface area contributed by atoms with Gasteiger partial charge in [0, 0.05) is 32.6 Å². The van der Waals surface area contributed by atoms with Crippen LogP contribution in [0.15, 0.2) is 24.3 Å². The van der Waals surface area contributed by atoms with Gasteiger partial charge in [0.05, 0.1) is 7.11 Å². The molecule has 1 aliphatic heterocycles. The summed E-state index contributed by atoms with van der Waals surface area (Å²) in [6.07, 6.45) is 4.94. The fraction of sp³-hybridized carbons (Fsp3) is 0.556. The number of benzene rings is 1. The zero-order valence-electron chi connectivity index (χ0n) is 14.3. The van der Waals surface area contributed by atoms with E-state index in [0.29, 0.717) is 19.5 Å². The molecule has 0 saturated carbocycles. The number of nitrogens with one attached hydrogen (secondary N) is 2. The summed E-state index contributed by atoms with van der Waals surface area (Å²) in [5.74, 6) is 0.919. The number of urea groups is 1. The Bertz CT molecular complexity index is 523. The van der Waals surface area contributed by atoms with Gasteiger partial charge in [0.2, 0.25) is 5.91 Å². The van der Waals surface area contributed by atoms with Crippen LogP contribution in [-0.4, -0.2) is 43.6 Å². The number of carbonyl (C=O) groups is 2. The van der Waals surface area contributed by atoms with Gasteiger partial charge in [0.15, 0.2) is 0 Å². The lowest BCUT2D eigenvalue weighted by atomic mass is 10.2. The molecular weight excluding hydrogens is 306 g/mol. The zero-order chi connectivity index (χ0) is 17.2. The molecule has 0 spiro atoms. The van der Waals surface area contributed by atoms with Gasteiger partial charge in [-0.2, -0.15) is 0 Å². The molecule has 0 radical (unpaired) electrons. The second-order valence-electron chi connectivity index (χ2n) is 6.00. The molecule has 1 aliphatic rings. The Hall–Kier alpha value is -2.24. The van der Waals surface area contributed by atoms with E-state index in [9.17, 15) is 9.59 Å². The summed E-state index contributed by atoms with van der Waals surface area (Å²) in [5.41, 5.74) is 0.992. The lowest BCUT2D eigenvalue weighted by Gasteiger charge is -2.20. The van der Waals surface area contributed by atoms with Crippen molar-refractivity contribution in [3.8, 4) is 5.75 Å². The minimum Gasteiger partial charge on any atom is -0.497 e. The van der Waals surface area contributed by atoms with E-state index in [1.807, 2.05) is 29.2 Å². The number of ether oxygens (including phenoxy) is 1. The number of rotatable bonds is 6. The van der Waals surface area contributed by atoms with Crippen LogP contribution in [0.3, 0.4) is 0 Å². The number of amides is 3. The maximum atomic E-state index is 12.1. The summed E-state index contributed by atoms with van der Waals surface area (Å²) in [6, 6.07) is 7.27. The molecule has 132 valence electrons. The molecule has 0 unspecified atom stereocenters. The molecule has 1 saturated heterocycles. The van der Waals surface area contributed by atoms with Crippen LogP contribution in [0.25, 0.3) is 0 Å². The Kier molecular flexibility index (Phi) is 7.39. The van der Waals surface area contributed by atoms with E-state index in [1.165, 1.54) is 12.8 Å². The van der Waals surface area contributed by atoms with Gasteiger partial charge in [-0.1, -0.05) is 25.0 Å². The molecule has 0 atom stereocenters. The Balaban J connectivity index is 1.62. The van der Waals surface area contributed by atoms with Crippen molar-refractivity contribution in [2.75, 3.05) is 26.7 Å². The lowest BCUT2D eigenvalue weighted by Crippen LogP contribution is -2.38. The van der Waals surface area contributed by atoms with Crippen molar-refractivity contribution in [3.63, 3.8) is 0 Å². The second kappa shape index (κ2) is 9.80. The monoisotopic (exact) mass is 333 g/mol. The van der Waals surface area contributed by atoms with Gasteiger partial charge in [-0.15, -0.1) is 0 Å². The molecule has 3 amide bonds. The molecule has 0 aliphatic carbocycles. The highest BCUT2D eigenvalue weighted by atomic mass is 16.5. The molecule has 2 rings (SSSR count). The normalized spacial score (nSPS) is 14.6. The van der Waals surface area contributed by atoms with Crippen LogP contribution in [0.4, 0.5) is 4.79 Å². The van der Waals surface area contributed by atoms with E-state index in [4.69, 9.17) is 4.74 Å². The maximum Gasteiger partial charge on any atom is 0.315 e. The van der Waals surface area contributed by atoms with Gasteiger partial charge < -0.3 is 20.3 Å². The molecule has 6 heteroatoms. The van der Waals surface area contributed by atoms with Crippen LogP contribution in [-0.2, 0) is 11.3 Å². The smallest absolute Gasteiger partial charge is 0.315 e. The molecule has 1 aromatic rings. The largest absolute Gasteiger partial charge is 0.497 e. The number of nitrogens with zero attached hydrogens (tertiary/aromatic N) is 1. The summed E-state index contributed by atoms with van der Waals surface area (Å²) in [4.78, 5) is 25.8. The van der Waals surface area contributed by atoms with Crippen molar-refractivity contribution in [3.05, 3.63) is 29.8 Å². The zero-order valence-corrected chi connectivity index (χ0v) is 14.3. The summed E-state index contributed by atoms with van der Waals surface area (Å²) < 4.78 is 5.09. The quantitative estimate of drug-likeness (QED) is 0.839. The number of hydrogen-bond acceptors (Lipinski definition) is 3. The van der Waals surface area contributed by atoms with Crippen LogP contribution in [0.1, 0.15) is 37.7 Å². The van der Waals surface area contributed by atoms with Gasteiger partial charge in [-0.05, 0) is 30.5 Å². The number of carbonyl (C=O) groups excluding carboxylic acids is 2. The summed E-state index contributed by atoms with van der Waals surface area (Å²) in [5, 5.41) is 5.52. The van der Waals surface area contributed by atoms with E-state index >= 15 is 0 Å². The van der Waals surface area contributed by atoms with Crippen molar-refractivity contribution in [1.82, 2.24) is 15.5 Å². The van der Waals surface area contributed by atoms with Crippen LogP contribution in [0, 0.1) is 0 Å². The molecule has 6 nitrogen and oxygen atoms in total. The summed E-state index contributed by atoms with van der Waals surface area (Å²) in [6.45, 7) is 2.50. The SMILES string of the molecule is COc1ccc(CNC(=O)NCCC(=O)N2CCCCCC2)cc1. The fourth-order valence-corrected chi connectivity index (χ4v) is 2.75. The van der Waals surface area contributed by atoms with E-state index in [0.717, 1.165) is 37.2 Å². The van der Waals surface area contributed by atoms with Crippen LogP contribution in [0.2, 0.25) is 0 Å². The first-order chi connectivity index (χ1) is 11.7. The Labute approximate surface area is 143 Å². The highest BCUT2D eigenvalue weighted by Crippen LogP contribution is 2.11. The van der Waals surface area contributed by atoms with Gasteiger partial charge in [-0.3, -0.25) is 4.79 Å². The number of likely N-dealkylation sites (tertiary alicyclic amines) is 1. The summed E-state index contributed by atoms with van der Waals surface area (Å²) in [7, 11) is 1.62. The minimum absolute atomic E-state index is 0.132. The average molecular weight is 333 g/mol. The van der Waals surface area contributed by atoms with Crippen molar-refractivity contribution in [2.24, 2.45) is 0 Å². The number of hydrogen-bond donors (Lipinski definition) is 2. The van der Waals surface area contributed by atoms with Crippen LogP contribution < -0.4 is 15.4 Å². The molecular formula is C18H27N3O3. The first-order valence-corrected chi connectivity index (χ1v) is 8.61. The Morgan fingerprint density at radius 2 is 1.71 bits per heavy atom. The molecule has 2 N–H and O–H groups in total. The third-order valence-electron chi connectivity index (χ3n) is 4.20. The van der Waals surface area contributed by atoms with Crippen molar-refractivity contribution >= 4 is 11.9 Å². The van der Waals surface area contributed by atoms with Crippen molar-refractivity contribution in [2.45, 2.75) is 38.6 Å². The molecule has 0 bridgehead atoms. The molecule has 0 aromatic heterocycles. The Morgan fingerprint density at radius 3 is 2.33 bits per heavy atom. The van der Waals surface area contributed by atoms with Gasteiger partial charge in [0.25, 0.3) is 0 Å². The van der Waals surface area contributed by atoms with Crippen LogP contribution >= 0.6 is 0 Å². The first kappa shape index (κ1) is 18.1. The summed E-state index contributed by atoms with van der Waals surface area (Å²) >= 11 is 0. The van der Waals surface area contributed by atoms with E-state index in [2.05, 4.69) is 10.6 Å². The first-order valence-electron chi connectivity index (χ1n) is 8.61. The molecule has 1 aromatic carbocycles. The maximum absolute atomic E-state index is 12.1. The molecule has 24 heavy (non-hydrogen) atoms. The van der Waals surface area contributed by atoms with Gasteiger partial charge in [-0.25, -0.2) is 4.79 Å². The standard InChI is InChI=1S/C18H27N3O3/c1-24-16-8-6-15(7-9-16)14-20-18(23)19-11-10-17(22)21-12-4-2-3-5-13-21/h6-9H,2-5,10-14H2,1H3,(H2,19,20,23). The average Bonchev–Trinajstić information content (AvgIpc) is 2.90. The van der Waals surface area contributed by atoms with Crippen molar-refractivity contribution in [1.29, 1.82) is 0 Å². The van der Waals surface area contributed by atoms with Crippen molar-refractivity contribution < 1.29 is 14.3 Å². The third kappa shape index (κ3) is 6.10. The third-order valence-corrected chi connectivity index (χ3v) is 4.20. The Morgan fingerprint density at radius 1 is 1.04 bits per heavy atom. The minimum atomic E-state index is -0.255. The molecule has 1 fully saturated rings. The van der Waals surface area contributed by atoms with E-state index < -0.39 is 0 Å². The number of methoxy groups -OCH3 is 1. The topological polar surface area (TPSA) is 70.7 Å². The van der Waals surface area contributed by atoms with Gasteiger partial charge >= 0.3 is 6.03 Å². The highest BCUT2D eigenvalue weighted by molar-refractivity contribution is 5.78. The fourth-order valence-electron chi connectivity index (χ4n) is 2.75. The second-order valence-corrected chi connectivity index (χ2v) is 6.00.